The Bertz CT molecular complexity index is 766. The largest absolute Gasteiger partial charge is 0.373 e. The highest BCUT2D eigenvalue weighted by Gasteiger charge is 2.43. The Morgan fingerprint density at radius 2 is 1.88 bits per heavy atom. The topological polar surface area (TPSA) is 60.2 Å². The second kappa shape index (κ2) is 6.55. The fraction of sp³-hybridized carbons (Fsp3) is 0.500. The van der Waals surface area contributed by atoms with Gasteiger partial charge in [-0.25, -0.2) is 4.98 Å². The van der Waals surface area contributed by atoms with Gasteiger partial charge in [-0.15, -0.1) is 0 Å². The predicted molar refractivity (Wildman–Crippen MR) is 95.8 cm³/mol. The number of hydrogen-bond acceptors (Lipinski definition) is 6. The van der Waals surface area contributed by atoms with E-state index in [1.807, 2.05) is 0 Å². The molecule has 0 bridgehead atoms. The van der Waals surface area contributed by atoms with E-state index in [1.54, 1.807) is 0 Å². The van der Waals surface area contributed by atoms with Crippen molar-refractivity contribution in [3.05, 3.63) is 41.7 Å². The lowest BCUT2D eigenvalue weighted by Gasteiger charge is -2.41. The second-order valence-corrected chi connectivity index (χ2v) is 8.01. The molecule has 0 N–H and O–H groups in total. The number of carbonyl (C=O) groups excluding carboxylic acids is 1. The monoisotopic (exact) mass is 358 g/mol. The molecule has 0 spiro atoms. The molecule has 1 aromatic heterocycles. The summed E-state index contributed by atoms with van der Waals surface area (Å²) >= 11 is 1.51. The van der Waals surface area contributed by atoms with Gasteiger partial charge in [0.05, 0.1) is 18.2 Å². The van der Waals surface area contributed by atoms with Crippen LogP contribution >= 0.6 is 11.8 Å². The first-order valence-corrected chi connectivity index (χ1v) is 9.48. The van der Waals surface area contributed by atoms with Crippen LogP contribution in [0.25, 0.3) is 0 Å². The third-order valence-electron chi connectivity index (χ3n) is 4.75. The fourth-order valence-corrected chi connectivity index (χ4v) is 4.96. The van der Waals surface area contributed by atoms with Crippen molar-refractivity contribution < 1.29 is 9.53 Å². The van der Waals surface area contributed by atoms with E-state index >= 15 is 0 Å². The zero-order valence-electron chi connectivity index (χ0n) is 14.6. The van der Waals surface area contributed by atoms with E-state index in [-0.39, 0.29) is 29.4 Å². The zero-order chi connectivity index (χ0) is 17.6. The summed E-state index contributed by atoms with van der Waals surface area (Å²) in [4.78, 5) is 19.5. The van der Waals surface area contributed by atoms with Crippen molar-refractivity contribution in [1.29, 1.82) is 0 Å². The quantitative estimate of drug-likeness (QED) is 0.840. The van der Waals surface area contributed by atoms with Gasteiger partial charge < -0.3 is 4.74 Å². The molecule has 0 amide bonds. The van der Waals surface area contributed by atoms with Crippen LogP contribution in [0.3, 0.4) is 0 Å². The number of fused-ring (bicyclic) bond motifs is 1. The molecule has 0 aliphatic carbocycles. The van der Waals surface area contributed by atoms with Crippen LogP contribution in [0.15, 0.2) is 35.7 Å². The van der Waals surface area contributed by atoms with Crippen LogP contribution in [0.1, 0.15) is 35.8 Å². The first-order chi connectivity index (χ1) is 12.0. The number of benzene rings is 1. The summed E-state index contributed by atoms with van der Waals surface area (Å²) in [5.74, 6) is 0.00914. The lowest BCUT2D eigenvalue weighted by Crippen LogP contribution is -2.50. The maximum Gasteiger partial charge on any atom is 0.264 e. The number of nitrogens with zero attached hydrogens (tertiary/aromatic N) is 4. The average molecular weight is 358 g/mol. The lowest BCUT2D eigenvalue weighted by atomic mass is 9.98. The van der Waals surface area contributed by atoms with Crippen LogP contribution in [-0.2, 0) is 4.74 Å². The first-order valence-electron chi connectivity index (χ1n) is 8.60. The Balaban J connectivity index is 1.70. The summed E-state index contributed by atoms with van der Waals surface area (Å²) in [5, 5.41) is 4.53. The Labute approximate surface area is 151 Å². The van der Waals surface area contributed by atoms with Gasteiger partial charge in [0.1, 0.15) is 11.6 Å². The Morgan fingerprint density at radius 3 is 2.52 bits per heavy atom. The number of thioether (sulfide) groups is 1. The van der Waals surface area contributed by atoms with E-state index in [9.17, 15) is 4.79 Å². The van der Waals surface area contributed by atoms with Crippen molar-refractivity contribution >= 4 is 17.7 Å². The molecule has 2 aliphatic heterocycles. The molecule has 132 valence electrons. The minimum atomic E-state index is -0.239. The molecular formula is C18H22N4O2S. The highest BCUT2D eigenvalue weighted by molar-refractivity contribution is 8.00. The van der Waals surface area contributed by atoms with Gasteiger partial charge in [0.2, 0.25) is 0 Å². The first kappa shape index (κ1) is 16.8. The van der Waals surface area contributed by atoms with Gasteiger partial charge in [-0.1, -0.05) is 41.6 Å². The molecule has 25 heavy (non-hydrogen) atoms. The van der Waals surface area contributed by atoms with Crippen LogP contribution in [0.5, 0.6) is 0 Å². The number of carbonyl (C=O) groups is 1. The van der Waals surface area contributed by atoms with E-state index < -0.39 is 0 Å². The summed E-state index contributed by atoms with van der Waals surface area (Å²) in [6.07, 6.45) is 1.73. The molecular weight excluding hydrogens is 336 g/mol. The highest BCUT2D eigenvalue weighted by Crippen LogP contribution is 2.41. The number of morpholine rings is 1. The zero-order valence-corrected chi connectivity index (χ0v) is 15.4. The van der Waals surface area contributed by atoms with Crippen LogP contribution in [0.4, 0.5) is 0 Å². The van der Waals surface area contributed by atoms with E-state index in [2.05, 4.69) is 60.0 Å². The molecule has 2 aromatic rings. The standard InChI is InChI=1S/C18H22N4O2S/c1-11-4-6-14(7-5-11)15(21-8-12(2)24-13(3)9-21)16-17(23)22-18(25-16)19-10-20-22/h4-7,10,12-13,15-16H,8-9H2,1-3H3. The van der Waals surface area contributed by atoms with Gasteiger partial charge in [0.25, 0.3) is 5.91 Å². The summed E-state index contributed by atoms with van der Waals surface area (Å²) in [6, 6.07) is 8.46. The highest BCUT2D eigenvalue weighted by atomic mass is 32.2. The molecule has 6 nitrogen and oxygen atoms in total. The smallest absolute Gasteiger partial charge is 0.264 e. The van der Waals surface area contributed by atoms with Crippen molar-refractivity contribution in [2.24, 2.45) is 0 Å². The van der Waals surface area contributed by atoms with E-state index in [0.29, 0.717) is 5.16 Å². The molecule has 4 unspecified atom stereocenters. The molecule has 3 heterocycles. The van der Waals surface area contributed by atoms with Gasteiger partial charge in [-0.05, 0) is 26.3 Å². The Kier molecular flexibility index (Phi) is 4.39. The number of aromatic nitrogens is 3. The maximum atomic E-state index is 12.9. The van der Waals surface area contributed by atoms with Gasteiger partial charge >= 0.3 is 0 Å². The van der Waals surface area contributed by atoms with Crippen molar-refractivity contribution in [3.8, 4) is 0 Å². The van der Waals surface area contributed by atoms with E-state index in [1.165, 1.54) is 28.3 Å². The van der Waals surface area contributed by atoms with Crippen molar-refractivity contribution in [2.75, 3.05) is 13.1 Å². The van der Waals surface area contributed by atoms with Crippen molar-refractivity contribution in [1.82, 2.24) is 19.7 Å². The fourth-order valence-electron chi connectivity index (χ4n) is 3.73. The molecule has 7 heteroatoms. The molecule has 2 aliphatic rings. The lowest BCUT2D eigenvalue weighted by molar-refractivity contribution is -0.0804. The SMILES string of the molecule is Cc1ccc(C(C2Sc3ncnn3C2=O)N2CC(C)OC(C)C2)cc1. The summed E-state index contributed by atoms with van der Waals surface area (Å²) in [5.41, 5.74) is 2.37. The van der Waals surface area contributed by atoms with Crippen molar-refractivity contribution in [3.63, 3.8) is 0 Å². The molecule has 1 aromatic carbocycles. The third-order valence-corrected chi connectivity index (χ3v) is 5.95. The third kappa shape index (κ3) is 3.12. The van der Waals surface area contributed by atoms with Crippen molar-refractivity contribution in [2.45, 2.75) is 49.4 Å². The molecule has 0 saturated carbocycles. The summed E-state index contributed by atoms with van der Waals surface area (Å²) in [6.45, 7) is 7.87. The van der Waals surface area contributed by atoms with Gasteiger partial charge in [-0.3, -0.25) is 9.69 Å². The van der Waals surface area contributed by atoms with Crippen LogP contribution in [-0.4, -0.2) is 56.1 Å². The minimum Gasteiger partial charge on any atom is -0.373 e. The molecule has 4 atom stereocenters. The number of hydrogen-bond donors (Lipinski definition) is 0. The van der Waals surface area contributed by atoms with E-state index in [4.69, 9.17) is 4.74 Å². The van der Waals surface area contributed by atoms with Crippen LogP contribution < -0.4 is 0 Å². The normalized spacial score (nSPS) is 28.1. The molecule has 4 rings (SSSR count). The van der Waals surface area contributed by atoms with Crippen LogP contribution in [0, 0.1) is 6.92 Å². The number of aryl methyl sites for hydroxylation is 1. The van der Waals surface area contributed by atoms with Gasteiger partial charge in [0, 0.05) is 13.1 Å². The molecule has 1 saturated heterocycles. The Hall–Kier alpha value is -1.70. The van der Waals surface area contributed by atoms with E-state index in [0.717, 1.165) is 18.7 Å². The van der Waals surface area contributed by atoms with Gasteiger partial charge in [0.15, 0.2) is 5.16 Å². The number of rotatable bonds is 3. The Morgan fingerprint density at radius 1 is 1.20 bits per heavy atom. The molecule has 1 fully saturated rings. The predicted octanol–water partition coefficient (Wildman–Crippen LogP) is 2.55. The average Bonchev–Trinajstić information content (AvgIpc) is 3.13. The summed E-state index contributed by atoms with van der Waals surface area (Å²) in [7, 11) is 0. The number of ether oxygens (including phenoxy) is 1. The second-order valence-electron chi connectivity index (χ2n) is 6.90. The maximum absolute atomic E-state index is 12.9. The summed E-state index contributed by atoms with van der Waals surface area (Å²) < 4.78 is 7.33. The molecule has 0 radical (unpaired) electrons. The minimum absolute atomic E-state index is 0.00914. The van der Waals surface area contributed by atoms with Gasteiger partial charge in [-0.2, -0.15) is 9.78 Å². The van der Waals surface area contributed by atoms with Crippen LogP contribution in [0.2, 0.25) is 0 Å².